The Hall–Kier alpha value is -2.09. The largest absolute Gasteiger partial charge is 0.480 e. The van der Waals surface area contributed by atoms with Crippen molar-refractivity contribution in [2.24, 2.45) is 0 Å². The van der Waals surface area contributed by atoms with Crippen molar-refractivity contribution in [3.8, 4) is 5.75 Å². The third-order valence-electron chi connectivity index (χ3n) is 2.78. The molecule has 0 fully saturated rings. The van der Waals surface area contributed by atoms with Gasteiger partial charge < -0.3 is 15.2 Å². The maximum atomic E-state index is 11.8. The van der Waals surface area contributed by atoms with E-state index in [2.05, 4.69) is 5.32 Å². The van der Waals surface area contributed by atoms with E-state index >= 15 is 0 Å². The van der Waals surface area contributed by atoms with Crippen LogP contribution >= 0.6 is 0 Å². The van der Waals surface area contributed by atoms with Crippen LogP contribution in [0.15, 0.2) is 23.1 Å². The maximum Gasteiger partial charge on any atom is 0.319 e. The van der Waals surface area contributed by atoms with Gasteiger partial charge in [0.1, 0.15) is 5.75 Å². The lowest BCUT2D eigenvalue weighted by Crippen LogP contribution is -2.45. The summed E-state index contributed by atoms with van der Waals surface area (Å²) in [5.74, 6) is -2.52. The number of rotatable bonds is 3. The van der Waals surface area contributed by atoms with E-state index in [9.17, 15) is 18.0 Å². The summed E-state index contributed by atoms with van der Waals surface area (Å²) in [6, 6.07) is 3.84. The van der Waals surface area contributed by atoms with Gasteiger partial charge >= 0.3 is 5.97 Å². The van der Waals surface area contributed by atoms with E-state index in [4.69, 9.17) is 9.84 Å². The molecule has 1 aromatic carbocycles. The summed E-state index contributed by atoms with van der Waals surface area (Å²) in [7, 11) is -3.95. The molecule has 1 aliphatic heterocycles. The molecule has 20 heavy (non-hydrogen) atoms. The third-order valence-corrected chi connectivity index (χ3v) is 4.38. The van der Waals surface area contributed by atoms with Crippen molar-refractivity contribution in [2.75, 3.05) is 11.1 Å². The van der Waals surface area contributed by atoms with Crippen molar-refractivity contribution in [3.05, 3.63) is 18.2 Å². The monoisotopic (exact) mass is 299 g/mol. The van der Waals surface area contributed by atoms with Crippen molar-refractivity contribution in [1.82, 2.24) is 0 Å². The summed E-state index contributed by atoms with van der Waals surface area (Å²) >= 11 is 0. The zero-order chi connectivity index (χ0) is 15.1. The minimum absolute atomic E-state index is 0.178. The normalized spacial score (nSPS) is 16.8. The van der Waals surface area contributed by atoms with Crippen LogP contribution in [0.3, 0.4) is 0 Å². The van der Waals surface area contributed by atoms with Crippen LogP contribution in [-0.4, -0.2) is 36.8 Å². The van der Waals surface area contributed by atoms with Gasteiger partial charge in [-0.05, 0) is 32.0 Å². The molecule has 0 atom stereocenters. The highest BCUT2D eigenvalue weighted by molar-refractivity contribution is 7.92. The lowest BCUT2D eigenvalue weighted by Gasteiger charge is -2.31. The minimum atomic E-state index is -3.95. The molecule has 0 aromatic heterocycles. The molecule has 8 heteroatoms. The Bertz CT molecular complexity index is 692. The molecule has 0 aliphatic carbocycles. The summed E-state index contributed by atoms with van der Waals surface area (Å²) in [6.07, 6.45) is 0. The Labute approximate surface area is 115 Å². The van der Waals surface area contributed by atoms with Crippen LogP contribution in [0.25, 0.3) is 0 Å². The Balaban J connectivity index is 2.42. The Morgan fingerprint density at radius 3 is 2.65 bits per heavy atom. The number of amides is 1. The second-order valence-corrected chi connectivity index (χ2v) is 6.87. The van der Waals surface area contributed by atoms with Crippen LogP contribution in [0, 0.1) is 0 Å². The van der Waals surface area contributed by atoms with Crippen LogP contribution in [0.4, 0.5) is 5.69 Å². The summed E-state index contributed by atoms with van der Waals surface area (Å²) < 4.78 is 29.1. The maximum absolute atomic E-state index is 11.8. The number of anilines is 1. The molecule has 108 valence electrons. The standard InChI is InChI=1S/C12H13NO6S/c1-12(2)11(16)13-8-5-7(3-4-9(8)19-12)20(17,18)6-10(14)15/h3-5H,6H2,1-2H3,(H,13,16)(H,14,15). The quantitative estimate of drug-likeness (QED) is 0.848. The molecule has 0 bridgehead atoms. The third kappa shape index (κ3) is 2.60. The first-order valence-corrected chi connectivity index (χ1v) is 7.36. The molecule has 1 aliphatic rings. The molecular formula is C12H13NO6S. The molecule has 0 unspecified atom stereocenters. The van der Waals surface area contributed by atoms with Gasteiger partial charge in [-0.25, -0.2) is 8.42 Å². The van der Waals surface area contributed by atoms with E-state index in [0.29, 0.717) is 5.75 Å². The topological polar surface area (TPSA) is 110 Å². The second-order valence-electron chi connectivity index (χ2n) is 4.88. The lowest BCUT2D eigenvalue weighted by molar-refractivity contribution is -0.134. The first-order chi connectivity index (χ1) is 9.12. The number of aliphatic carboxylic acids is 1. The molecule has 7 nitrogen and oxygen atoms in total. The Morgan fingerprint density at radius 1 is 1.40 bits per heavy atom. The van der Waals surface area contributed by atoms with Gasteiger partial charge in [-0.3, -0.25) is 9.59 Å². The van der Waals surface area contributed by atoms with Gasteiger partial charge in [-0.1, -0.05) is 0 Å². The molecule has 0 saturated heterocycles. The van der Waals surface area contributed by atoms with Crippen molar-refractivity contribution < 1.29 is 27.9 Å². The number of fused-ring (bicyclic) bond motifs is 1. The van der Waals surface area contributed by atoms with Crippen LogP contribution in [0.5, 0.6) is 5.75 Å². The van der Waals surface area contributed by atoms with Crippen LogP contribution in [-0.2, 0) is 19.4 Å². The Morgan fingerprint density at radius 2 is 2.05 bits per heavy atom. The van der Waals surface area contributed by atoms with E-state index in [-0.39, 0.29) is 10.6 Å². The minimum Gasteiger partial charge on any atom is -0.480 e. The van der Waals surface area contributed by atoms with Gasteiger partial charge in [0.2, 0.25) is 0 Å². The first kappa shape index (κ1) is 14.3. The van der Waals surface area contributed by atoms with Gasteiger partial charge in [-0.15, -0.1) is 0 Å². The van der Waals surface area contributed by atoms with Gasteiger partial charge in [0.05, 0.1) is 10.6 Å². The SMILES string of the molecule is CC1(C)Oc2ccc(S(=O)(=O)CC(=O)O)cc2NC1=O. The molecule has 1 aromatic rings. The van der Waals surface area contributed by atoms with E-state index < -0.39 is 33.1 Å². The highest BCUT2D eigenvalue weighted by atomic mass is 32.2. The van der Waals surface area contributed by atoms with Crippen molar-refractivity contribution in [2.45, 2.75) is 24.3 Å². The second kappa shape index (κ2) is 4.48. The number of hydrogen-bond acceptors (Lipinski definition) is 5. The predicted molar refractivity (Wildman–Crippen MR) is 69.5 cm³/mol. The molecular weight excluding hydrogens is 286 g/mol. The summed E-state index contributed by atoms with van der Waals surface area (Å²) in [5.41, 5.74) is -0.838. The van der Waals surface area contributed by atoms with Gasteiger partial charge in [0, 0.05) is 0 Å². The van der Waals surface area contributed by atoms with Crippen LogP contribution in [0.2, 0.25) is 0 Å². The zero-order valence-corrected chi connectivity index (χ0v) is 11.7. The smallest absolute Gasteiger partial charge is 0.319 e. The number of benzene rings is 1. The van der Waals surface area contributed by atoms with Crippen molar-refractivity contribution in [3.63, 3.8) is 0 Å². The number of carboxylic acid groups (broad SMARTS) is 1. The fraction of sp³-hybridized carbons (Fsp3) is 0.333. The van der Waals surface area contributed by atoms with Crippen LogP contribution in [0.1, 0.15) is 13.8 Å². The fourth-order valence-electron chi connectivity index (χ4n) is 1.73. The highest BCUT2D eigenvalue weighted by Crippen LogP contribution is 2.35. The summed E-state index contributed by atoms with van der Waals surface area (Å²) in [4.78, 5) is 22.1. The molecule has 1 amide bonds. The highest BCUT2D eigenvalue weighted by Gasteiger charge is 2.36. The molecule has 1 heterocycles. The van der Waals surface area contributed by atoms with Gasteiger partial charge in [0.25, 0.3) is 5.91 Å². The first-order valence-electron chi connectivity index (χ1n) is 5.71. The number of sulfone groups is 1. The number of nitrogens with one attached hydrogen (secondary N) is 1. The molecule has 0 spiro atoms. The molecule has 0 radical (unpaired) electrons. The molecule has 0 saturated carbocycles. The number of carbonyl (C=O) groups excluding carboxylic acids is 1. The summed E-state index contributed by atoms with van der Waals surface area (Å²) in [5, 5.41) is 11.1. The average Bonchev–Trinajstić information content (AvgIpc) is 2.27. The fourth-order valence-corrected chi connectivity index (χ4v) is 2.79. The van der Waals surface area contributed by atoms with Crippen molar-refractivity contribution in [1.29, 1.82) is 0 Å². The van der Waals surface area contributed by atoms with Crippen molar-refractivity contribution >= 4 is 27.4 Å². The van der Waals surface area contributed by atoms with E-state index in [1.807, 2.05) is 0 Å². The van der Waals surface area contributed by atoms with E-state index in [1.54, 1.807) is 13.8 Å². The number of hydrogen-bond donors (Lipinski definition) is 2. The van der Waals surface area contributed by atoms with E-state index in [1.165, 1.54) is 18.2 Å². The Kier molecular flexibility index (Phi) is 3.21. The van der Waals surface area contributed by atoms with Gasteiger partial charge in [0.15, 0.2) is 21.2 Å². The zero-order valence-electron chi connectivity index (χ0n) is 10.8. The average molecular weight is 299 g/mol. The number of ether oxygens (including phenoxy) is 1. The van der Waals surface area contributed by atoms with Gasteiger partial charge in [-0.2, -0.15) is 0 Å². The number of carbonyl (C=O) groups is 2. The van der Waals surface area contributed by atoms with E-state index in [0.717, 1.165) is 0 Å². The number of carboxylic acids is 1. The summed E-state index contributed by atoms with van der Waals surface area (Å²) in [6.45, 7) is 3.17. The predicted octanol–water partition coefficient (Wildman–Crippen LogP) is 0.654. The lowest BCUT2D eigenvalue weighted by atomic mass is 10.1. The molecule has 2 rings (SSSR count). The molecule has 2 N–H and O–H groups in total. The van der Waals surface area contributed by atoms with Crippen LogP contribution < -0.4 is 10.1 Å².